The van der Waals surface area contributed by atoms with Crippen molar-refractivity contribution in [1.29, 1.82) is 0 Å². The van der Waals surface area contributed by atoms with Crippen molar-refractivity contribution in [1.82, 2.24) is 0 Å². The maximum absolute atomic E-state index is 11.1. The van der Waals surface area contributed by atoms with Crippen molar-refractivity contribution in [2.75, 3.05) is 12.0 Å². The zero-order chi connectivity index (χ0) is 12.0. The van der Waals surface area contributed by atoms with Crippen molar-refractivity contribution in [2.24, 2.45) is 5.92 Å². The number of carbonyl (C=O) groups is 3. The summed E-state index contributed by atoms with van der Waals surface area (Å²) in [6.07, 6.45) is 0.360. The molecule has 0 aromatic heterocycles. The highest BCUT2D eigenvalue weighted by molar-refractivity contribution is 7.98. The van der Waals surface area contributed by atoms with Crippen LogP contribution in [0.5, 0.6) is 0 Å². The molecular weight excluding hydrogens is 224 g/mol. The third-order valence-electron chi connectivity index (χ3n) is 1.58. The molecule has 2 unspecified atom stereocenters. The summed E-state index contributed by atoms with van der Waals surface area (Å²) in [6, 6.07) is 0. The molecule has 2 N–H and O–H groups in total. The predicted molar refractivity (Wildman–Crippen MR) is 52.7 cm³/mol. The lowest BCUT2D eigenvalue weighted by molar-refractivity contribution is -0.169. The SMILES string of the molecule is CSCC(OC(=O)C(C)C(=O)O)C(=O)O. The molecular formula is C8H12O6S. The molecule has 2 atom stereocenters. The summed E-state index contributed by atoms with van der Waals surface area (Å²) < 4.78 is 4.54. The fraction of sp³-hybridized carbons (Fsp3) is 0.625. The minimum atomic E-state index is -1.35. The van der Waals surface area contributed by atoms with Gasteiger partial charge in [-0.25, -0.2) is 4.79 Å². The van der Waals surface area contributed by atoms with Gasteiger partial charge in [0.2, 0.25) is 6.10 Å². The van der Waals surface area contributed by atoms with E-state index in [4.69, 9.17) is 10.2 Å². The Balaban J connectivity index is 4.35. The van der Waals surface area contributed by atoms with E-state index in [9.17, 15) is 14.4 Å². The largest absolute Gasteiger partial charge is 0.481 e. The summed E-state index contributed by atoms with van der Waals surface area (Å²) >= 11 is 1.19. The molecule has 0 rings (SSSR count). The van der Waals surface area contributed by atoms with E-state index >= 15 is 0 Å². The summed E-state index contributed by atoms with van der Waals surface area (Å²) in [6.45, 7) is 1.14. The Hall–Kier alpha value is -1.24. The number of hydrogen-bond acceptors (Lipinski definition) is 5. The number of rotatable bonds is 6. The van der Waals surface area contributed by atoms with Crippen LogP contribution in [0.2, 0.25) is 0 Å². The first-order valence-electron chi connectivity index (χ1n) is 4.05. The molecule has 7 heteroatoms. The van der Waals surface area contributed by atoms with Gasteiger partial charge < -0.3 is 14.9 Å². The molecule has 0 aromatic rings. The summed E-state index contributed by atoms with van der Waals surface area (Å²) in [4.78, 5) is 32.1. The van der Waals surface area contributed by atoms with Gasteiger partial charge >= 0.3 is 17.9 Å². The Kier molecular flexibility index (Phi) is 5.76. The molecule has 86 valence electrons. The van der Waals surface area contributed by atoms with E-state index in [-0.39, 0.29) is 5.75 Å². The zero-order valence-electron chi connectivity index (χ0n) is 8.30. The van der Waals surface area contributed by atoms with Gasteiger partial charge in [-0.3, -0.25) is 9.59 Å². The third-order valence-corrected chi connectivity index (χ3v) is 2.21. The average molecular weight is 236 g/mol. The number of ether oxygens (including phenoxy) is 1. The van der Waals surface area contributed by atoms with Crippen LogP contribution >= 0.6 is 11.8 Å². The molecule has 0 radical (unpaired) electrons. The highest BCUT2D eigenvalue weighted by Crippen LogP contribution is 2.07. The van der Waals surface area contributed by atoms with E-state index in [0.717, 1.165) is 6.92 Å². The van der Waals surface area contributed by atoms with Crippen LogP contribution in [-0.2, 0) is 19.1 Å². The quantitative estimate of drug-likeness (QED) is 0.497. The number of aliphatic carboxylic acids is 2. The normalized spacial score (nSPS) is 14.0. The smallest absolute Gasteiger partial charge is 0.345 e. The first-order chi connectivity index (χ1) is 6.90. The zero-order valence-corrected chi connectivity index (χ0v) is 9.11. The van der Waals surface area contributed by atoms with Crippen molar-refractivity contribution < 1.29 is 29.3 Å². The van der Waals surface area contributed by atoms with E-state index in [1.165, 1.54) is 11.8 Å². The van der Waals surface area contributed by atoms with Gasteiger partial charge in [0.1, 0.15) is 0 Å². The number of carboxylic acids is 2. The Labute approximate surface area is 90.6 Å². The Morgan fingerprint density at radius 3 is 2.13 bits per heavy atom. The molecule has 0 saturated carbocycles. The maximum Gasteiger partial charge on any atom is 0.345 e. The van der Waals surface area contributed by atoms with Crippen LogP contribution in [0.3, 0.4) is 0 Å². The van der Waals surface area contributed by atoms with Gasteiger partial charge in [-0.05, 0) is 13.2 Å². The lowest BCUT2D eigenvalue weighted by Crippen LogP contribution is -2.33. The van der Waals surface area contributed by atoms with Crippen molar-refractivity contribution in [3.63, 3.8) is 0 Å². The second-order valence-electron chi connectivity index (χ2n) is 2.78. The summed E-state index contributed by atoms with van der Waals surface area (Å²) in [7, 11) is 0. The lowest BCUT2D eigenvalue weighted by atomic mass is 10.2. The third kappa shape index (κ3) is 4.68. The van der Waals surface area contributed by atoms with Gasteiger partial charge in [0.25, 0.3) is 0 Å². The molecule has 0 aliphatic heterocycles. The van der Waals surface area contributed by atoms with Crippen molar-refractivity contribution in [2.45, 2.75) is 13.0 Å². The second-order valence-corrected chi connectivity index (χ2v) is 3.69. The van der Waals surface area contributed by atoms with Crippen LogP contribution in [-0.4, -0.2) is 46.2 Å². The highest BCUT2D eigenvalue weighted by Gasteiger charge is 2.28. The first-order valence-corrected chi connectivity index (χ1v) is 5.44. The fourth-order valence-electron chi connectivity index (χ4n) is 0.650. The van der Waals surface area contributed by atoms with E-state index in [1.54, 1.807) is 6.26 Å². The molecule has 0 heterocycles. The van der Waals surface area contributed by atoms with Crippen LogP contribution in [0.15, 0.2) is 0 Å². The molecule has 0 aromatic carbocycles. The molecule has 0 saturated heterocycles. The van der Waals surface area contributed by atoms with Crippen molar-refractivity contribution in [3.05, 3.63) is 0 Å². The van der Waals surface area contributed by atoms with Gasteiger partial charge in [-0.1, -0.05) is 0 Å². The number of carboxylic acid groups (broad SMARTS) is 2. The minimum absolute atomic E-state index is 0.0907. The Morgan fingerprint density at radius 1 is 1.27 bits per heavy atom. The predicted octanol–water partition coefficient (Wildman–Crippen LogP) is 0.0665. The van der Waals surface area contributed by atoms with E-state index in [2.05, 4.69) is 4.74 Å². The van der Waals surface area contributed by atoms with Crippen LogP contribution in [0, 0.1) is 5.92 Å². The number of thioether (sulfide) groups is 1. The van der Waals surface area contributed by atoms with E-state index in [1.807, 2.05) is 0 Å². The number of carbonyl (C=O) groups excluding carboxylic acids is 1. The van der Waals surface area contributed by atoms with Gasteiger partial charge in [0, 0.05) is 5.75 Å². The second kappa shape index (κ2) is 6.28. The summed E-state index contributed by atoms with van der Waals surface area (Å²) in [5.41, 5.74) is 0. The van der Waals surface area contributed by atoms with Gasteiger partial charge in [-0.15, -0.1) is 0 Å². The van der Waals surface area contributed by atoms with Crippen LogP contribution in [0.25, 0.3) is 0 Å². The monoisotopic (exact) mass is 236 g/mol. The molecule has 0 aliphatic carbocycles. The molecule has 6 nitrogen and oxygen atoms in total. The van der Waals surface area contributed by atoms with Gasteiger partial charge in [0.05, 0.1) is 0 Å². The Bertz CT molecular complexity index is 264. The van der Waals surface area contributed by atoms with Crippen LogP contribution in [0.4, 0.5) is 0 Å². The fourth-order valence-corrected chi connectivity index (χ4v) is 1.16. The van der Waals surface area contributed by atoms with E-state index < -0.39 is 29.9 Å². The van der Waals surface area contributed by atoms with Crippen LogP contribution in [0.1, 0.15) is 6.92 Å². The van der Waals surface area contributed by atoms with Crippen LogP contribution < -0.4 is 0 Å². The summed E-state index contributed by atoms with van der Waals surface area (Å²) in [5, 5.41) is 17.1. The van der Waals surface area contributed by atoms with Gasteiger partial charge in [0.15, 0.2) is 5.92 Å². The maximum atomic E-state index is 11.1. The molecule has 0 bridgehead atoms. The van der Waals surface area contributed by atoms with Gasteiger partial charge in [-0.2, -0.15) is 11.8 Å². The minimum Gasteiger partial charge on any atom is -0.481 e. The lowest BCUT2D eigenvalue weighted by Gasteiger charge is -2.13. The molecule has 15 heavy (non-hydrogen) atoms. The standard InChI is InChI=1S/C8H12O6S/c1-4(6(9)10)8(13)14-5(3-15-2)7(11)12/h4-5H,3H2,1-2H3,(H,9,10)(H,11,12). The summed E-state index contributed by atoms with van der Waals surface area (Å²) in [5.74, 6) is -4.92. The highest BCUT2D eigenvalue weighted by atomic mass is 32.2. The number of hydrogen-bond donors (Lipinski definition) is 2. The van der Waals surface area contributed by atoms with E-state index in [0.29, 0.717) is 0 Å². The Morgan fingerprint density at radius 2 is 1.80 bits per heavy atom. The first kappa shape index (κ1) is 13.8. The molecule has 0 amide bonds. The topological polar surface area (TPSA) is 101 Å². The molecule has 0 spiro atoms. The average Bonchev–Trinajstić information content (AvgIpc) is 2.15. The van der Waals surface area contributed by atoms with Crippen molar-refractivity contribution >= 4 is 29.7 Å². The van der Waals surface area contributed by atoms with Crippen molar-refractivity contribution in [3.8, 4) is 0 Å². The number of esters is 1. The molecule has 0 aliphatic rings. The molecule has 0 fully saturated rings.